The van der Waals surface area contributed by atoms with Crippen LogP contribution < -0.4 is 5.32 Å². The number of fused-ring (bicyclic) bond motifs is 1. The van der Waals surface area contributed by atoms with Gasteiger partial charge in [-0.2, -0.15) is 5.10 Å². The van der Waals surface area contributed by atoms with Crippen LogP contribution in [0.15, 0.2) is 12.3 Å². The molecule has 116 valence electrons. The maximum atomic E-state index is 4.87. The predicted molar refractivity (Wildman–Crippen MR) is 84.1 cm³/mol. The van der Waals surface area contributed by atoms with Gasteiger partial charge in [0.2, 0.25) is 0 Å². The lowest BCUT2D eigenvalue weighted by molar-refractivity contribution is 0.130. The topological polar surface area (TPSA) is 33.1 Å². The van der Waals surface area contributed by atoms with Crippen molar-refractivity contribution in [3.05, 3.63) is 18.0 Å². The third-order valence-electron chi connectivity index (χ3n) is 6.23. The zero-order valence-electron chi connectivity index (χ0n) is 13.4. The van der Waals surface area contributed by atoms with E-state index in [-0.39, 0.29) is 0 Å². The van der Waals surface area contributed by atoms with E-state index in [1.807, 2.05) is 0 Å². The summed E-state index contributed by atoms with van der Waals surface area (Å²) in [4.78, 5) is 2.66. The summed E-state index contributed by atoms with van der Waals surface area (Å²) in [5.41, 5.74) is 1.55. The molecule has 1 aromatic rings. The van der Waals surface area contributed by atoms with Crippen LogP contribution in [0.2, 0.25) is 0 Å². The SMILES string of the molecule is CC1(C)C2CNCC2CN1Cc1ccn(C2CCCC2)n1. The molecule has 4 nitrogen and oxygen atoms in total. The van der Waals surface area contributed by atoms with Crippen LogP contribution in [0.1, 0.15) is 51.3 Å². The first-order valence-corrected chi connectivity index (χ1v) is 8.64. The average Bonchev–Trinajstić information content (AvgIpc) is 3.20. The monoisotopic (exact) mass is 288 g/mol. The number of rotatable bonds is 3. The molecule has 4 heteroatoms. The maximum absolute atomic E-state index is 4.87. The number of nitrogens with zero attached hydrogens (tertiary/aromatic N) is 3. The van der Waals surface area contributed by atoms with Gasteiger partial charge in [-0.05, 0) is 51.1 Å². The second-order valence-corrected chi connectivity index (χ2v) is 7.78. The summed E-state index contributed by atoms with van der Waals surface area (Å²) in [5.74, 6) is 1.63. The van der Waals surface area contributed by atoms with Gasteiger partial charge in [0.15, 0.2) is 0 Å². The van der Waals surface area contributed by atoms with Crippen molar-refractivity contribution in [2.45, 2.75) is 57.7 Å². The smallest absolute Gasteiger partial charge is 0.0765 e. The number of hydrogen-bond donors (Lipinski definition) is 1. The molecule has 21 heavy (non-hydrogen) atoms. The van der Waals surface area contributed by atoms with Crippen molar-refractivity contribution in [2.24, 2.45) is 11.8 Å². The molecule has 1 aromatic heterocycles. The summed E-state index contributed by atoms with van der Waals surface area (Å²) >= 11 is 0. The van der Waals surface area contributed by atoms with Crippen molar-refractivity contribution in [3.63, 3.8) is 0 Å². The second-order valence-electron chi connectivity index (χ2n) is 7.78. The zero-order valence-corrected chi connectivity index (χ0v) is 13.4. The largest absolute Gasteiger partial charge is 0.316 e. The molecule has 3 aliphatic rings. The van der Waals surface area contributed by atoms with Crippen LogP contribution in [0.5, 0.6) is 0 Å². The Balaban J connectivity index is 1.46. The first-order chi connectivity index (χ1) is 10.1. The van der Waals surface area contributed by atoms with Crippen molar-refractivity contribution in [3.8, 4) is 0 Å². The lowest BCUT2D eigenvalue weighted by Gasteiger charge is -2.35. The molecule has 2 aliphatic heterocycles. The molecule has 0 amide bonds. The van der Waals surface area contributed by atoms with Gasteiger partial charge in [0.05, 0.1) is 11.7 Å². The van der Waals surface area contributed by atoms with Gasteiger partial charge in [0.1, 0.15) is 0 Å². The van der Waals surface area contributed by atoms with Crippen LogP contribution >= 0.6 is 0 Å². The molecule has 0 aromatic carbocycles. The molecule has 1 aliphatic carbocycles. The van der Waals surface area contributed by atoms with Crippen molar-refractivity contribution in [1.82, 2.24) is 20.0 Å². The Labute approximate surface area is 127 Å². The Hall–Kier alpha value is -0.870. The lowest BCUT2D eigenvalue weighted by atomic mass is 9.85. The number of aromatic nitrogens is 2. The summed E-state index contributed by atoms with van der Waals surface area (Å²) < 4.78 is 2.23. The fourth-order valence-corrected chi connectivity index (χ4v) is 4.80. The molecular formula is C17H28N4. The van der Waals surface area contributed by atoms with E-state index in [0.29, 0.717) is 11.6 Å². The van der Waals surface area contributed by atoms with Crippen LogP contribution in [0.3, 0.4) is 0 Å². The maximum Gasteiger partial charge on any atom is 0.0765 e. The second kappa shape index (κ2) is 5.10. The fraction of sp³-hybridized carbons (Fsp3) is 0.824. The van der Waals surface area contributed by atoms with Crippen LogP contribution in [-0.4, -0.2) is 39.9 Å². The first-order valence-electron chi connectivity index (χ1n) is 8.64. The summed E-state index contributed by atoms with van der Waals surface area (Å²) in [6.45, 7) is 9.45. The predicted octanol–water partition coefficient (Wildman–Crippen LogP) is 2.43. The van der Waals surface area contributed by atoms with E-state index in [0.717, 1.165) is 18.4 Å². The van der Waals surface area contributed by atoms with Crippen molar-refractivity contribution in [2.75, 3.05) is 19.6 Å². The van der Waals surface area contributed by atoms with Gasteiger partial charge in [0.25, 0.3) is 0 Å². The number of likely N-dealkylation sites (tertiary alicyclic amines) is 1. The molecule has 0 bridgehead atoms. The van der Waals surface area contributed by atoms with Crippen molar-refractivity contribution >= 4 is 0 Å². The van der Waals surface area contributed by atoms with Crippen molar-refractivity contribution < 1.29 is 0 Å². The highest BCUT2D eigenvalue weighted by atomic mass is 15.3. The molecule has 2 unspecified atom stereocenters. The summed E-state index contributed by atoms with van der Waals surface area (Å²) in [6.07, 6.45) is 7.57. The molecule has 0 radical (unpaired) electrons. The van der Waals surface area contributed by atoms with Gasteiger partial charge in [-0.1, -0.05) is 12.8 Å². The number of hydrogen-bond acceptors (Lipinski definition) is 3. The van der Waals surface area contributed by atoms with E-state index < -0.39 is 0 Å². The Bertz CT molecular complexity index is 501. The van der Waals surface area contributed by atoms with Gasteiger partial charge in [-0.3, -0.25) is 9.58 Å². The highest BCUT2D eigenvalue weighted by Gasteiger charge is 2.49. The molecule has 2 saturated heterocycles. The fourth-order valence-electron chi connectivity index (χ4n) is 4.80. The van der Waals surface area contributed by atoms with Crippen LogP contribution in [-0.2, 0) is 6.54 Å². The Morgan fingerprint density at radius 1 is 1.29 bits per heavy atom. The minimum Gasteiger partial charge on any atom is -0.316 e. The molecule has 0 spiro atoms. The molecule has 4 rings (SSSR count). The molecule has 3 heterocycles. The molecule has 1 saturated carbocycles. The zero-order chi connectivity index (χ0) is 14.4. The van der Waals surface area contributed by atoms with Gasteiger partial charge in [0, 0.05) is 31.4 Å². The quantitative estimate of drug-likeness (QED) is 0.927. The third-order valence-corrected chi connectivity index (χ3v) is 6.23. The highest BCUT2D eigenvalue weighted by molar-refractivity contribution is 5.08. The first kappa shape index (κ1) is 13.8. The molecule has 3 fully saturated rings. The Morgan fingerprint density at radius 2 is 2.10 bits per heavy atom. The average molecular weight is 288 g/mol. The Morgan fingerprint density at radius 3 is 2.86 bits per heavy atom. The van der Waals surface area contributed by atoms with Crippen LogP contribution in [0.25, 0.3) is 0 Å². The van der Waals surface area contributed by atoms with Gasteiger partial charge < -0.3 is 5.32 Å². The van der Waals surface area contributed by atoms with E-state index in [4.69, 9.17) is 5.10 Å². The molecule has 2 atom stereocenters. The van der Waals surface area contributed by atoms with E-state index in [2.05, 4.69) is 41.0 Å². The van der Waals surface area contributed by atoms with Crippen LogP contribution in [0, 0.1) is 11.8 Å². The Kier molecular flexibility index (Phi) is 3.34. The molecule has 1 N–H and O–H groups in total. The van der Waals surface area contributed by atoms with E-state index in [1.165, 1.54) is 51.0 Å². The molecular weight excluding hydrogens is 260 g/mol. The number of nitrogens with one attached hydrogen (secondary N) is 1. The van der Waals surface area contributed by atoms with Gasteiger partial charge >= 0.3 is 0 Å². The van der Waals surface area contributed by atoms with E-state index in [1.54, 1.807) is 0 Å². The van der Waals surface area contributed by atoms with Gasteiger partial charge in [-0.15, -0.1) is 0 Å². The minimum absolute atomic E-state index is 0.297. The summed E-state index contributed by atoms with van der Waals surface area (Å²) in [7, 11) is 0. The standard InChI is InChI=1S/C17H28N4/c1-17(2)16-10-18-9-13(16)11-20(17)12-14-7-8-21(19-14)15-5-3-4-6-15/h7-8,13,15-16,18H,3-6,9-12H2,1-2H3. The summed E-state index contributed by atoms with van der Waals surface area (Å²) in [5, 5.41) is 8.43. The van der Waals surface area contributed by atoms with Crippen molar-refractivity contribution in [1.29, 1.82) is 0 Å². The van der Waals surface area contributed by atoms with E-state index >= 15 is 0 Å². The highest BCUT2D eigenvalue weighted by Crippen LogP contribution is 2.41. The van der Waals surface area contributed by atoms with Crippen LogP contribution in [0.4, 0.5) is 0 Å². The lowest BCUT2D eigenvalue weighted by Crippen LogP contribution is -2.44. The third kappa shape index (κ3) is 2.33. The van der Waals surface area contributed by atoms with Gasteiger partial charge in [-0.25, -0.2) is 0 Å². The summed E-state index contributed by atoms with van der Waals surface area (Å²) in [6, 6.07) is 2.90. The minimum atomic E-state index is 0.297. The normalized spacial score (nSPS) is 32.9. The van der Waals surface area contributed by atoms with E-state index in [9.17, 15) is 0 Å².